The van der Waals surface area contributed by atoms with Crippen LogP contribution >= 0.6 is 0 Å². The van der Waals surface area contributed by atoms with Crippen molar-refractivity contribution in [3.05, 3.63) is 12.2 Å². The smallest absolute Gasteiger partial charge is 0.333 e. The first kappa shape index (κ1) is 13.6. The Balaban J connectivity index is 2.25. The minimum Gasteiger partial charge on any atom is -0.481 e. The van der Waals surface area contributed by atoms with E-state index in [1.54, 1.807) is 0 Å². The van der Waals surface area contributed by atoms with Gasteiger partial charge in [0.2, 0.25) is 0 Å². The van der Waals surface area contributed by atoms with E-state index in [0.717, 1.165) is 0 Å². The molecule has 1 heterocycles. The summed E-state index contributed by atoms with van der Waals surface area (Å²) in [5, 5.41) is 9.12. The van der Waals surface area contributed by atoms with Crippen molar-refractivity contribution in [2.75, 3.05) is 0 Å². The second-order valence-electron chi connectivity index (χ2n) is 5.24. The summed E-state index contributed by atoms with van der Waals surface area (Å²) in [5.74, 6) is -4.38. The standard InChI is InChI=1S/C13H16O6/c1-5(2)12(16)19-10-7-4-6(3)9(10)18-13(17)8(7)11(14)15/h6-10H,1,4H2,2-3H3,(H,14,15). The summed E-state index contributed by atoms with van der Waals surface area (Å²) in [4.78, 5) is 34.4. The molecule has 6 nitrogen and oxygen atoms in total. The van der Waals surface area contributed by atoms with Gasteiger partial charge in [-0.3, -0.25) is 9.59 Å². The topological polar surface area (TPSA) is 89.9 Å². The van der Waals surface area contributed by atoms with Crippen molar-refractivity contribution < 1.29 is 29.0 Å². The number of esters is 2. The van der Waals surface area contributed by atoms with Crippen LogP contribution in [0.25, 0.3) is 0 Å². The Morgan fingerprint density at radius 2 is 2.11 bits per heavy atom. The molecule has 5 atom stereocenters. The molecule has 2 aliphatic rings. The average Bonchev–Trinajstić information content (AvgIpc) is 2.51. The summed E-state index contributed by atoms with van der Waals surface area (Å²) in [6, 6.07) is 0. The Bertz CT molecular complexity index is 454. The zero-order chi connectivity index (χ0) is 14.3. The van der Waals surface area contributed by atoms with E-state index >= 15 is 0 Å². The Labute approximate surface area is 110 Å². The number of ether oxygens (including phenoxy) is 2. The second-order valence-corrected chi connectivity index (χ2v) is 5.24. The Hall–Kier alpha value is -1.85. The molecular formula is C13H16O6. The maximum Gasteiger partial charge on any atom is 0.333 e. The monoisotopic (exact) mass is 268 g/mol. The highest BCUT2D eigenvalue weighted by atomic mass is 16.6. The van der Waals surface area contributed by atoms with Gasteiger partial charge in [0.25, 0.3) is 0 Å². The van der Waals surface area contributed by atoms with Crippen molar-refractivity contribution in [3.8, 4) is 0 Å². The summed E-state index contributed by atoms with van der Waals surface area (Å²) in [5.41, 5.74) is 0.232. The van der Waals surface area contributed by atoms with Gasteiger partial charge in [0.05, 0.1) is 0 Å². The largest absolute Gasteiger partial charge is 0.481 e. The van der Waals surface area contributed by atoms with Gasteiger partial charge in [-0.2, -0.15) is 0 Å². The minimum absolute atomic E-state index is 0.0266. The van der Waals surface area contributed by atoms with Crippen LogP contribution in [-0.2, 0) is 23.9 Å². The quantitative estimate of drug-likeness (QED) is 0.461. The maximum atomic E-state index is 11.6. The lowest BCUT2D eigenvalue weighted by atomic mass is 9.87. The molecule has 104 valence electrons. The average molecular weight is 268 g/mol. The van der Waals surface area contributed by atoms with Crippen LogP contribution in [0, 0.1) is 17.8 Å². The van der Waals surface area contributed by atoms with Crippen molar-refractivity contribution in [3.63, 3.8) is 0 Å². The molecule has 0 radical (unpaired) electrons. The summed E-state index contributed by atoms with van der Waals surface area (Å²) >= 11 is 0. The number of rotatable bonds is 3. The molecule has 1 aliphatic heterocycles. The highest BCUT2D eigenvalue weighted by molar-refractivity contribution is 5.95. The Morgan fingerprint density at radius 1 is 1.47 bits per heavy atom. The van der Waals surface area contributed by atoms with E-state index in [0.29, 0.717) is 6.42 Å². The molecule has 19 heavy (non-hydrogen) atoms. The molecule has 2 bridgehead atoms. The number of carbonyl (C=O) groups is 3. The molecule has 6 heteroatoms. The maximum absolute atomic E-state index is 11.6. The number of fused-ring (bicyclic) bond motifs is 2. The zero-order valence-corrected chi connectivity index (χ0v) is 10.8. The van der Waals surface area contributed by atoms with Gasteiger partial charge in [0.15, 0.2) is 5.92 Å². The fraction of sp³-hybridized carbons (Fsp3) is 0.615. The van der Waals surface area contributed by atoms with Gasteiger partial charge >= 0.3 is 17.9 Å². The third-order valence-corrected chi connectivity index (χ3v) is 3.74. The van der Waals surface area contributed by atoms with Crippen LogP contribution in [0.15, 0.2) is 12.2 Å². The van der Waals surface area contributed by atoms with Crippen LogP contribution in [0.1, 0.15) is 20.3 Å². The fourth-order valence-electron chi connectivity index (χ4n) is 2.82. The molecule has 0 aromatic rings. The van der Waals surface area contributed by atoms with E-state index in [1.165, 1.54) is 6.92 Å². The molecule has 0 amide bonds. The van der Waals surface area contributed by atoms with Gasteiger partial charge in [-0.1, -0.05) is 13.5 Å². The lowest BCUT2D eigenvalue weighted by Gasteiger charge is -2.33. The van der Waals surface area contributed by atoms with E-state index in [-0.39, 0.29) is 11.5 Å². The van der Waals surface area contributed by atoms with Gasteiger partial charge in [0, 0.05) is 11.5 Å². The van der Waals surface area contributed by atoms with E-state index in [9.17, 15) is 14.4 Å². The molecule has 5 unspecified atom stereocenters. The van der Waals surface area contributed by atoms with Crippen LogP contribution in [0.3, 0.4) is 0 Å². The third-order valence-electron chi connectivity index (χ3n) is 3.74. The number of carboxylic acids is 1. The van der Waals surface area contributed by atoms with Gasteiger partial charge < -0.3 is 14.6 Å². The predicted octanol–water partition coefficient (Wildman–Crippen LogP) is 0.756. The van der Waals surface area contributed by atoms with Crippen LogP contribution in [-0.4, -0.2) is 35.2 Å². The van der Waals surface area contributed by atoms with Crippen LogP contribution in [0.2, 0.25) is 0 Å². The zero-order valence-electron chi connectivity index (χ0n) is 10.8. The lowest BCUT2D eigenvalue weighted by Crippen LogP contribution is -2.49. The molecule has 2 rings (SSSR count). The minimum atomic E-state index is -1.26. The van der Waals surface area contributed by atoms with Crippen molar-refractivity contribution in [2.24, 2.45) is 17.8 Å². The summed E-state index contributed by atoms with van der Waals surface area (Å²) in [6.45, 7) is 6.84. The first-order chi connectivity index (χ1) is 8.82. The molecule has 2 fully saturated rings. The van der Waals surface area contributed by atoms with Gasteiger partial charge in [-0.15, -0.1) is 0 Å². The molecule has 1 saturated heterocycles. The van der Waals surface area contributed by atoms with Crippen molar-refractivity contribution in [1.29, 1.82) is 0 Å². The molecule has 0 aromatic carbocycles. The van der Waals surface area contributed by atoms with Crippen molar-refractivity contribution in [2.45, 2.75) is 32.5 Å². The van der Waals surface area contributed by atoms with E-state index < -0.39 is 42.0 Å². The number of hydrogen-bond acceptors (Lipinski definition) is 5. The molecule has 0 spiro atoms. The predicted molar refractivity (Wildman–Crippen MR) is 63.0 cm³/mol. The number of carboxylic acid groups (broad SMARTS) is 1. The Kier molecular flexibility index (Phi) is 3.34. The molecule has 1 N–H and O–H groups in total. The van der Waals surface area contributed by atoms with Crippen molar-refractivity contribution in [1.82, 2.24) is 0 Å². The third kappa shape index (κ3) is 2.22. The second kappa shape index (κ2) is 4.68. The first-order valence-electron chi connectivity index (χ1n) is 6.12. The number of aliphatic carboxylic acids is 1. The van der Waals surface area contributed by atoms with Crippen LogP contribution < -0.4 is 0 Å². The van der Waals surface area contributed by atoms with E-state index in [2.05, 4.69) is 6.58 Å². The van der Waals surface area contributed by atoms with Gasteiger partial charge in [-0.25, -0.2) is 4.79 Å². The highest BCUT2D eigenvalue weighted by Crippen LogP contribution is 2.44. The van der Waals surface area contributed by atoms with E-state index in [4.69, 9.17) is 14.6 Å². The number of carbonyl (C=O) groups excluding carboxylic acids is 2. The lowest BCUT2D eigenvalue weighted by molar-refractivity contribution is -0.189. The fourth-order valence-corrected chi connectivity index (χ4v) is 2.82. The summed E-state index contributed by atoms with van der Waals surface area (Å²) in [6.07, 6.45) is -0.768. The van der Waals surface area contributed by atoms with Crippen LogP contribution in [0.4, 0.5) is 0 Å². The van der Waals surface area contributed by atoms with E-state index in [1.807, 2.05) is 6.92 Å². The Morgan fingerprint density at radius 3 is 2.63 bits per heavy atom. The highest BCUT2D eigenvalue weighted by Gasteiger charge is 2.58. The summed E-state index contributed by atoms with van der Waals surface area (Å²) < 4.78 is 10.4. The molecule has 1 saturated carbocycles. The van der Waals surface area contributed by atoms with Crippen LogP contribution in [0.5, 0.6) is 0 Å². The molecule has 1 aliphatic carbocycles. The number of hydrogen-bond donors (Lipinski definition) is 1. The first-order valence-corrected chi connectivity index (χ1v) is 6.12. The SMILES string of the molecule is C=C(C)C(=O)OC1C2CC(C)C1OC(=O)C2C(=O)O. The van der Waals surface area contributed by atoms with Gasteiger partial charge in [0.1, 0.15) is 12.2 Å². The van der Waals surface area contributed by atoms with Gasteiger partial charge in [-0.05, 0) is 19.3 Å². The summed E-state index contributed by atoms with van der Waals surface area (Å²) in [7, 11) is 0. The molecule has 0 aromatic heterocycles. The van der Waals surface area contributed by atoms with Crippen molar-refractivity contribution >= 4 is 17.9 Å². The normalized spacial score (nSPS) is 36.5. The molecular weight excluding hydrogens is 252 g/mol.